The molecule has 1 aliphatic heterocycles. The molecular weight excluding hydrogens is 498 g/mol. The molecule has 4 aromatic rings. The lowest BCUT2D eigenvalue weighted by atomic mass is 10.0. The van der Waals surface area contributed by atoms with E-state index >= 15 is 0 Å². The van der Waals surface area contributed by atoms with Crippen LogP contribution >= 0.6 is 22.7 Å². The third-order valence-electron chi connectivity index (χ3n) is 5.97. The summed E-state index contributed by atoms with van der Waals surface area (Å²) in [5, 5.41) is 4.64. The summed E-state index contributed by atoms with van der Waals surface area (Å²) in [6, 6.07) is 13.1. The van der Waals surface area contributed by atoms with E-state index < -0.39 is 0 Å². The molecule has 10 heteroatoms. The number of anilines is 1. The van der Waals surface area contributed by atoms with Gasteiger partial charge in [0.2, 0.25) is 0 Å². The molecule has 0 saturated heterocycles. The van der Waals surface area contributed by atoms with Crippen molar-refractivity contribution in [2.24, 2.45) is 0 Å². The van der Waals surface area contributed by atoms with Gasteiger partial charge in [-0.05, 0) is 43.2 Å². The second kappa shape index (κ2) is 10.2. The highest BCUT2D eigenvalue weighted by Gasteiger charge is 2.30. The Labute approximate surface area is 216 Å². The van der Waals surface area contributed by atoms with Gasteiger partial charge in [0.05, 0.1) is 43.2 Å². The normalized spacial score (nSPS) is 12.8. The fraction of sp³-hybridized carbons (Fsp3) is 0.269. The van der Waals surface area contributed by atoms with E-state index in [1.165, 1.54) is 18.4 Å². The number of benzene rings is 2. The van der Waals surface area contributed by atoms with Crippen LogP contribution in [0.15, 0.2) is 42.5 Å². The minimum atomic E-state index is -0.327. The zero-order valence-electron chi connectivity index (χ0n) is 20.1. The van der Waals surface area contributed by atoms with E-state index in [0.717, 1.165) is 31.2 Å². The maximum atomic E-state index is 13.4. The van der Waals surface area contributed by atoms with Gasteiger partial charge in [0, 0.05) is 23.1 Å². The average molecular weight is 524 g/mol. The van der Waals surface area contributed by atoms with Crippen LogP contribution in [0.25, 0.3) is 20.8 Å². The maximum Gasteiger partial charge on any atom is 0.410 e. The van der Waals surface area contributed by atoms with Crippen LogP contribution in [-0.2, 0) is 17.7 Å². The average Bonchev–Trinajstić information content (AvgIpc) is 3.48. The van der Waals surface area contributed by atoms with Crippen molar-refractivity contribution in [3.8, 4) is 22.1 Å². The molecule has 1 N–H and O–H groups in total. The van der Waals surface area contributed by atoms with E-state index in [9.17, 15) is 9.59 Å². The van der Waals surface area contributed by atoms with Crippen LogP contribution in [0.5, 0.6) is 11.5 Å². The van der Waals surface area contributed by atoms with Crippen molar-refractivity contribution in [2.45, 2.75) is 19.9 Å². The summed E-state index contributed by atoms with van der Waals surface area (Å²) in [7, 11) is 3.08. The van der Waals surface area contributed by atoms with E-state index in [1.807, 2.05) is 24.3 Å². The summed E-state index contributed by atoms with van der Waals surface area (Å²) in [5.41, 5.74) is 3.33. The third-order valence-corrected chi connectivity index (χ3v) is 8.16. The first kappa shape index (κ1) is 24.1. The van der Waals surface area contributed by atoms with Gasteiger partial charge in [-0.15, -0.1) is 22.7 Å². The fourth-order valence-electron chi connectivity index (χ4n) is 4.22. The number of methoxy groups -OCH3 is 2. The summed E-state index contributed by atoms with van der Waals surface area (Å²) >= 11 is 3.06. The molecule has 2 aromatic carbocycles. The van der Waals surface area contributed by atoms with Gasteiger partial charge < -0.3 is 24.4 Å². The third kappa shape index (κ3) is 4.49. The van der Waals surface area contributed by atoms with Crippen LogP contribution in [0.2, 0.25) is 0 Å². The molecule has 186 valence electrons. The molecule has 5 rings (SSSR count). The van der Waals surface area contributed by atoms with Crippen LogP contribution < -0.4 is 14.8 Å². The van der Waals surface area contributed by atoms with Gasteiger partial charge in [0.1, 0.15) is 21.5 Å². The van der Waals surface area contributed by atoms with E-state index in [1.54, 1.807) is 48.5 Å². The number of fused-ring (bicyclic) bond motifs is 2. The first-order valence-electron chi connectivity index (χ1n) is 11.5. The van der Waals surface area contributed by atoms with Crippen molar-refractivity contribution in [3.63, 3.8) is 0 Å². The van der Waals surface area contributed by atoms with E-state index in [2.05, 4.69) is 5.32 Å². The molecule has 0 atom stereocenters. The summed E-state index contributed by atoms with van der Waals surface area (Å²) in [6.45, 7) is 3.10. The van der Waals surface area contributed by atoms with E-state index in [-0.39, 0.29) is 12.0 Å². The zero-order chi connectivity index (χ0) is 25.2. The van der Waals surface area contributed by atoms with Crippen molar-refractivity contribution < 1.29 is 23.8 Å². The molecule has 1 aliphatic rings. The Morgan fingerprint density at radius 1 is 1.11 bits per heavy atom. The maximum absolute atomic E-state index is 13.4. The lowest BCUT2D eigenvalue weighted by Gasteiger charge is -2.26. The molecule has 0 spiro atoms. The monoisotopic (exact) mass is 523 g/mol. The van der Waals surface area contributed by atoms with Gasteiger partial charge in [-0.25, -0.2) is 9.78 Å². The second-order valence-electron chi connectivity index (χ2n) is 8.09. The van der Waals surface area contributed by atoms with Crippen molar-refractivity contribution in [1.29, 1.82) is 0 Å². The Hall–Kier alpha value is -3.63. The van der Waals surface area contributed by atoms with Crippen LogP contribution in [0.4, 0.5) is 9.80 Å². The highest BCUT2D eigenvalue weighted by molar-refractivity contribution is 7.23. The number of thiophene rings is 1. The quantitative estimate of drug-likeness (QED) is 0.343. The van der Waals surface area contributed by atoms with Crippen molar-refractivity contribution >= 4 is 49.9 Å². The fourth-order valence-corrected chi connectivity index (χ4v) is 6.59. The zero-order valence-corrected chi connectivity index (χ0v) is 21.8. The van der Waals surface area contributed by atoms with Gasteiger partial charge in [-0.3, -0.25) is 4.79 Å². The Morgan fingerprint density at radius 2 is 1.94 bits per heavy atom. The highest BCUT2D eigenvalue weighted by Crippen LogP contribution is 2.46. The molecule has 0 aliphatic carbocycles. The number of nitrogens with zero attached hydrogens (tertiary/aromatic N) is 2. The van der Waals surface area contributed by atoms with Gasteiger partial charge in [-0.2, -0.15) is 0 Å². The Morgan fingerprint density at radius 3 is 2.69 bits per heavy atom. The van der Waals surface area contributed by atoms with Crippen LogP contribution in [0.1, 0.15) is 27.7 Å². The topological polar surface area (TPSA) is 90.0 Å². The number of aromatic nitrogens is 1. The first-order valence-corrected chi connectivity index (χ1v) is 13.1. The van der Waals surface area contributed by atoms with Gasteiger partial charge in [-0.1, -0.05) is 12.1 Å². The molecule has 2 amide bonds. The largest absolute Gasteiger partial charge is 0.497 e. The number of hydrogen-bond acceptors (Lipinski definition) is 8. The van der Waals surface area contributed by atoms with Crippen LogP contribution in [0.3, 0.4) is 0 Å². The predicted octanol–water partition coefficient (Wildman–Crippen LogP) is 5.81. The molecule has 3 heterocycles. The molecule has 0 radical (unpaired) electrons. The van der Waals surface area contributed by atoms with Crippen molar-refractivity contribution in [3.05, 3.63) is 58.5 Å². The number of nitrogens with one attached hydrogen (secondary N) is 1. The van der Waals surface area contributed by atoms with Gasteiger partial charge >= 0.3 is 6.09 Å². The molecule has 2 aromatic heterocycles. The lowest BCUT2D eigenvalue weighted by Crippen LogP contribution is -2.35. The summed E-state index contributed by atoms with van der Waals surface area (Å²) in [5.74, 6) is 0.727. The molecule has 0 saturated carbocycles. The number of hydrogen-bond donors (Lipinski definition) is 1. The van der Waals surface area contributed by atoms with Gasteiger partial charge in [0.15, 0.2) is 0 Å². The molecule has 0 bridgehead atoms. The minimum Gasteiger partial charge on any atom is -0.497 e. The van der Waals surface area contributed by atoms with Crippen LogP contribution in [0, 0.1) is 0 Å². The molecule has 36 heavy (non-hydrogen) atoms. The molecule has 0 fully saturated rings. The summed E-state index contributed by atoms with van der Waals surface area (Å²) in [4.78, 5) is 33.4. The Bertz CT molecular complexity index is 1410. The lowest BCUT2D eigenvalue weighted by molar-refractivity contribution is 0.102. The number of para-hydroxylation sites is 1. The number of thiazole rings is 1. The number of amides is 2. The smallest absolute Gasteiger partial charge is 0.410 e. The SMILES string of the molecule is CCOC(=O)N1CCc2c(sc(NC(=O)c3ccc(OC)cc3OC)c2-c2nc3ccccc3s2)C1. The number of carbonyl (C=O) groups excluding carboxylic acids is 2. The number of ether oxygens (including phenoxy) is 3. The molecule has 0 unspecified atom stereocenters. The van der Waals surface area contributed by atoms with Crippen molar-refractivity contribution in [2.75, 3.05) is 32.7 Å². The summed E-state index contributed by atoms with van der Waals surface area (Å²) in [6.07, 6.45) is 0.323. The van der Waals surface area contributed by atoms with Crippen LogP contribution in [-0.4, -0.2) is 49.3 Å². The van der Waals surface area contributed by atoms with E-state index in [0.29, 0.717) is 48.2 Å². The first-order chi connectivity index (χ1) is 17.5. The predicted molar refractivity (Wildman–Crippen MR) is 142 cm³/mol. The van der Waals surface area contributed by atoms with E-state index in [4.69, 9.17) is 19.2 Å². The standard InChI is InChI=1S/C26H25N3O5S2/c1-4-34-26(31)29-12-11-17-21(14-29)36-25(22(17)24-27-18-7-5-6-8-20(18)35-24)28-23(30)16-10-9-15(32-2)13-19(16)33-3/h5-10,13H,4,11-12,14H2,1-3H3,(H,28,30). The minimum absolute atomic E-state index is 0.294. The Balaban J connectivity index is 1.55. The molecule has 8 nitrogen and oxygen atoms in total. The second-order valence-corrected chi connectivity index (χ2v) is 10.2. The van der Waals surface area contributed by atoms with Gasteiger partial charge in [0.25, 0.3) is 5.91 Å². The van der Waals surface area contributed by atoms with Crippen molar-refractivity contribution in [1.82, 2.24) is 9.88 Å². The number of carbonyl (C=O) groups is 2. The highest BCUT2D eigenvalue weighted by atomic mass is 32.1. The molecular formula is C26H25N3O5S2. The summed E-state index contributed by atoms with van der Waals surface area (Å²) < 4.78 is 17.0. The number of rotatable bonds is 6. The Kier molecular flexibility index (Phi) is 6.80.